The van der Waals surface area contributed by atoms with Gasteiger partial charge in [-0.15, -0.1) is 0 Å². The molecule has 0 aliphatic carbocycles. The fourth-order valence-electron chi connectivity index (χ4n) is 3.50. The van der Waals surface area contributed by atoms with Crippen molar-refractivity contribution in [2.75, 3.05) is 51.8 Å². The summed E-state index contributed by atoms with van der Waals surface area (Å²) < 4.78 is 10.9. The summed E-state index contributed by atoms with van der Waals surface area (Å²) in [5.74, 6) is 1.63. The number of methoxy groups -OCH3 is 2. The van der Waals surface area contributed by atoms with Crippen molar-refractivity contribution in [2.24, 2.45) is 5.73 Å². The van der Waals surface area contributed by atoms with Gasteiger partial charge in [-0.05, 0) is 18.2 Å². The Morgan fingerprint density at radius 3 is 2.28 bits per heavy atom. The van der Waals surface area contributed by atoms with Gasteiger partial charge in [0.1, 0.15) is 11.5 Å². The zero-order chi connectivity index (χ0) is 17.6. The molecule has 1 unspecified atom stereocenters. The molecule has 25 heavy (non-hydrogen) atoms. The van der Waals surface area contributed by atoms with Crippen LogP contribution in [0.15, 0.2) is 48.5 Å². The van der Waals surface area contributed by atoms with Gasteiger partial charge in [-0.25, -0.2) is 0 Å². The van der Waals surface area contributed by atoms with Crippen LogP contribution >= 0.6 is 0 Å². The van der Waals surface area contributed by atoms with Crippen LogP contribution in [0.5, 0.6) is 11.5 Å². The summed E-state index contributed by atoms with van der Waals surface area (Å²) in [7, 11) is 3.36. The number of piperazine rings is 1. The van der Waals surface area contributed by atoms with Gasteiger partial charge in [0.15, 0.2) is 0 Å². The van der Waals surface area contributed by atoms with Gasteiger partial charge < -0.3 is 20.1 Å². The van der Waals surface area contributed by atoms with E-state index in [4.69, 9.17) is 15.2 Å². The minimum atomic E-state index is 0.152. The van der Waals surface area contributed by atoms with E-state index in [1.165, 1.54) is 5.69 Å². The summed E-state index contributed by atoms with van der Waals surface area (Å²) >= 11 is 0. The number of para-hydroxylation sites is 1. The molecular formula is C20H27N3O2. The Bertz CT molecular complexity index is 670. The lowest BCUT2D eigenvalue weighted by molar-refractivity contribution is 0.187. The summed E-state index contributed by atoms with van der Waals surface area (Å²) in [6, 6.07) is 16.7. The SMILES string of the molecule is COc1ccc(C(CN)N2CCN(c3ccccc3)CC2)c(OC)c1. The van der Waals surface area contributed by atoms with E-state index in [0.717, 1.165) is 43.2 Å². The van der Waals surface area contributed by atoms with E-state index >= 15 is 0 Å². The van der Waals surface area contributed by atoms with Crippen LogP contribution in [-0.2, 0) is 0 Å². The lowest BCUT2D eigenvalue weighted by Gasteiger charge is -2.40. The van der Waals surface area contributed by atoms with Crippen LogP contribution in [0.25, 0.3) is 0 Å². The van der Waals surface area contributed by atoms with Gasteiger partial charge in [-0.1, -0.05) is 24.3 Å². The first kappa shape index (κ1) is 17.6. The molecule has 1 atom stereocenters. The van der Waals surface area contributed by atoms with Crippen molar-refractivity contribution in [3.8, 4) is 11.5 Å². The number of nitrogens with zero attached hydrogens (tertiary/aromatic N) is 2. The highest BCUT2D eigenvalue weighted by Gasteiger charge is 2.26. The monoisotopic (exact) mass is 341 g/mol. The van der Waals surface area contributed by atoms with E-state index in [0.29, 0.717) is 6.54 Å². The van der Waals surface area contributed by atoms with E-state index in [1.54, 1.807) is 14.2 Å². The first-order valence-electron chi connectivity index (χ1n) is 8.73. The number of nitrogens with two attached hydrogens (primary N) is 1. The highest BCUT2D eigenvalue weighted by atomic mass is 16.5. The highest BCUT2D eigenvalue weighted by Crippen LogP contribution is 2.33. The van der Waals surface area contributed by atoms with Crippen LogP contribution in [0.2, 0.25) is 0 Å². The summed E-state index contributed by atoms with van der Waals surface area (Å²) in [4.78, 5) is 4.87. The molecule has 5 heteroatoms. The Labute approximate surface area is 149 Å². The predicted octanol–water partition coefficient (Wildman–Crippen LogP) is 2.53. The van der Waals surface area contributed by atoms with Crippen LogP contribution in [0, 0.1) is 0 Å². The first-order chi connectivity index (χ1) is 12.3. The minimum absolute atomic E-state index is 0.152. The molecule has 2 aromatic carbocycles. The predicted molar refractivity (Wildman–Crippen MR) is 102 cm³/mol. The maximum atomic E-state index is 6.13. The van der Waals surface area contributed by atoms with Crippen molar-refractivity contribution in [1.82, 2.24) is 4.90 Å². The second-order valence-corrected chi connectivity index (χ2v) is 6.22. The molecule has 1 aliphatic rings. The average molecular weight is 341 g/mol. The molecule has 1 fully saturated rings. The lowest BCUT2D eigenvalue weighted by atomic mass is 10.0. The normalized spacial score (nSPS) is 16.5. The third kappa shape index (κ3) is 3.89. The molecule has 5 nitrogen and oxygen atoms in total. The molecule has 2 aromatic rings. The number of ether oxygens (including phenoxy) is 2. The van der Waals surface area contributed by atoms with E-state index in [2.05, 4.69) is 46.2 Å². The summed E-state index contributed by atoms with van der Waals surface area (Å²) in [5, 5.41) is 0. The third-order valence-electron chi connectivity index (χ3n) is 4.90. The number of benzene rings is 2. The molecular weight excluding hydrogens is 314 g/mol. The van der Waals surface area contributed by atoms with Crippen LogP contribution in [0.1, 0.15) is 11.6 Å². The highest BCUT2D eigenvalue weighted by molar-refractivity contribution is 5.47. The molecule has 134 valence electrons. The van der Waals surface area contributed by atoms with Crippen molar-refractivity contribution in [2.45, 2.75) is 6.04 Å². The molecule has 2 N–H and O–H groups in total. The van der Waals surface area contributed by atoms with Gasteiger partial charge >= 0.3 is 0 Å². The topological polar surface area (TPSA) is 51.0 Å². The third-order valence-corrected chi connectivity index (χ3v) is 4.90. The van der Waals surface area contributed by atoms with Crippen molar-refractivity contribution >= 4 is 5.69 Å². The number of rotatable bonds is 6. The Kier molecular flexibility index (Phi) is 5.79. The molecule has 0 radical (unpaired) electrons. The quantitative estimate of drug-likeness (QED) is 0.875. The first-order valence-corrected chi connectivity index (χ1v) is 8.73. The fraction of sp³-hybridized carbons (Fsp3) is 0.400. The molecule has 0 amide bonds. The van der Waals surface area contributed by atoms with Crippen LogP contribution in [0.4, 0.5) is 5.69 Å². The molecule has 1 heterocycles. The maximum absolute atomic E-state index is 6.13. The van der Waals surface area contributed by atoms with Crippen LogP contribution < -0.4 is 20.1 Å². The molecule has 0 spiro atoms. The van der Waals surface area contributed by atoms with Crippen LogP contribution in [0.3, 0.4) is 0 Å². The van der Waals surface area contributed by atoms with Crippen molar-refractivity contribution in [3.05, 3.63) is 54.1 Å². The minimum Gasteiger partial charge on any atom is -0.497 e. The molecule has 1 aliphatic heterocycles. The van der Waals surface area contributed by atoms with Crippen molar-refractivity contribution < 1.29 is 9.47 Å². The van der Waals surface area contributed by atoms with Gasteiger partial charge in [-0.3, -0.25) is 4.90 Å². The Hall–Kier alpha value is -2.24. The molecule has 0 saturated carbocycles. The van der Waals surface area contributed by atoms with E-state index in [-0.39, 0.29) is 6.04 Å². The summed E-state index contributed by atoms with van der Waals surface area (Å²) in [5.41, 5.74) is 8.54. The van der Waals surface area contributed by atoms with E-state index < -0.39 is 0 Å². The maximum Gasteiger partial charge on any atom is 0.127 e. The zero-order valence-electron chi connectivity index (χ0n) is 15.0. The molecule has 0 bridgehead atoms. The van der Waals surface area contributed by atoms with Gasteiger partial charge in [0.05, 0.1) is 20.3 Å². The summed E-state index contributed by atoms with van der Waals surface area (Å²) in [6.45, 7) is 4.52. The number of hydrogen-bond acceptors (Lipinski definition) is 5. The zero-order valence-corrected chi connectivity index (χ0v) is 15.0. The molecule has 1 saturated heterocycles. The van der Waals surface area contributed by atoms with Gasteiger partial charge in [0.2, 0.25) is 0 Å². The van der Waals surface area contributed by atoms with Gasteiger partial charge in [0, 0.05) is 50.0 Å². The Morgan fingerprint density at radius 2 is 1.68 bits per heavy atom. The lowest BCUT2D eigenvalue weighted by Crippen LogP contribution is -2.49. The Morgan fingerprint density at radius 1 is 0.960 bits per heavy atom. The standard InChI is InChI=1S/C20H27N3O2/c1-24-17-8-9-18(20(14-17)25-2)19(15-21)23-12-10-22(11-13-23)16-6-4-3-5-7-16/h3-9,14,19H,10-13,15,21H2,1-2H3. The summed E-state index contributed by atoms with van der Waals surface area (Å²) in [6.07, 6.45) is 0. The second-order valence-electron chi connectivity index (χ2n) is 6.22. The van der Waals surface area contributed by atoms with Crippen molar-refractivity contribution in [3.63, 3.8) is 0 Å². The smallest absolute Gasteiger partial charge is 0.127 e. The van der Waals surface area contributed by atoms with Gasteiger partial charge in [-0.2, -0.15) is 0 Å². The van der Waals surface area contributed by atoms with E-state index in [9.17, 15) is 0 Å². The fourth-order valence-corrected chi connectivity index (χ4v) is 3.50. The Balaban J connectivity index is 1.73. The van der Waals surface area contributed by atoms with Gasteiger partial charge in [0.25, 0.3) is 0 Å². The van der Waals surface area contributed by atoms with Crippen molar-refractivity contribution in [1.29, 1.82) is 0 Å². The average Bonchev–Trinajstić information content (AvgIpc) is 2.70. The van der Waals surface area contributed by atoms with Crippen LogP contribution in [-0.4, -0.2) is 51.8 Å². The largest absolute Gasteiger partial charge is 0.497 e. The number of hydrogen-bond donors (Lipinski definition) is 1. The molecule has 3 rings (SSSR count). The number of anilines is 1. The second kappa shape index (κ2) is 8.23. The van der Waals surface area contributed by atoms with E-state index in [1.807, 2.05) is 12.1 Å². The molecule has 0 aromatic heterocycles.